The molecule has 1 amide bonds. The molecule has 9 heteroatoms. The van der Waals surface area contributed by atoms with E-state index in [1.807, 2.05) is 30.3 Å². The number of hydrogen-bond donors (Lipinski definition) is 2. The van der Waals surface area contributed by atoms with Gasteiger partial charge in [0, 0.05) is 18.8 Å². The predicted octanol–water partition coefficient (Wildman–Crippen LogP) is 0.894. The van der Waals surface area contributed by atoms with Crippen LogP contribution in [0.1, 0.15) is 0 Å². The molecule has 1 aliphatic rings. The number of aromatic amines is 2. The number of anilines is 1. The number of sulfonamides is 1. The zero-order chi connectivity index (χ0) is 18.3. The van der Waals surface area contributed by atoms with Gasteiger partial charge in [0.1, 0.15) is 0 Å². The molecule has 8 nitrogen and oxygen atoms in total. The average molecular weight is 372 g/mol. The maximum Gasteiger partial charge on any atom is 0.323 e. The highest BCUT2D eigenvalue weighted by Crippen LogP contribution is 2.23. The Balaban J connectivity index is 1.60. The van der Waals surface area contributed by atoms with Crippen molar-refractivity contribution < 1.29 is 13.2 Å². The minimum Gasteiger partial charge on any atom is -0.310 e. The van der Waals surface area contributed by atoms with Gasteiger partial charge in [-0.25, -0.2) is 13.2 Å². The Hall–Kier alpha value is -2.91. The van der Waals surface area contributed by atoms with E-state index in [1.165, 1.54) is 22.5 Å². The standard InChI is InChI=1S/C17H16N4O4S/c22-16-11-20(8-9-21(16)12-4-2-1-3-5-12)26(24,25)13-6-7-14-15(10-13)19-17(23)18-14/h1-7,10H,8-9,11H2,(H2,18,19,23). The van der Waals surface area contributed by atoms with Gasteiger partial charge in [-0.2, -0.15) is 4.31 Å². The maximum atomic E-state index is 12.9. The van der Waals surface area contributed by atoms with Gasteiger partial charge >= 0.3 is 5.69 Å². The van der Waals surface area contributed by atoms with Gasteiger partial charge in [0.2, 0.25) is 15.9 Å². The zero-order valence-electron chi connectivity index (χ0n) is 13.7. The smallest absolute Gasteiger partial charge is 0.310 e. The number of rotatable bonds is 3. The van der Waals surface area contributed by atoms with Crippen LogP contribution >= 0.6 is 0 Å². The number of para-hydroxylation sites is 1. The summed E-state index contributed by atoms with van der Waals surface area (Å²) in [5, 5.41) is 0. The topological polar surface area (TPSA) is 106 Å². The van der Waals surface area contributed by atoms with E-state index in [-0.39, 0.29) is 30.4 Å². The van der Waals surface area contributed by atoms with E-state index in [0.717, 1.165) is 5.69 Å². The number of nitrogens with one attached hydrogen (secondary N) is 2. The minimum atomic E-state index is -3.83. The summed E-state index contributed by atoms with van der Waals surface area (Å²) in [4.78, 5) is 30.5. The van der Waals surface area contributed by atoms with Crippen molar-refractivity contribution >= 4 is 32.7 Å². The number of hydrogen-bond acceptors (Lipinski definition) is 4. The predicted molar refractivity (Wildman–Crippen MR) is 96.5 cm³/mol. The molecule has 1 saturated heterocycles. The van der Waals surface area contributed by atoms with E-state index < -0.39 is 15.7 Å². The largest absolute Gasteiger partial charge is 0.323 e. The molecule has 4 rings (SSSR count). The maximum absolute atomic E-state index is 12.9. The third-order valence-electron chi connectivity index (χ3n) is 4.38. The monoisotopic (exact) mass is 372 g/mol. The first kappa shape index (κ1) is 16.6. The van der Waals surface area contributed by atoms with Crippen LogP contribution in [0.3, 0.4) is 0 Å². The Kier molecular flexibility index (Phi) is 3.89. The third-order valence-corrected chi connectivity index (χ3v) is 6.22. The molecule has 0 spiro atoms. The second kappa shape index (κ2) is 6.11. The minimum absolute atomic E-state index is 0.0428. The number of H-pyrrole nitrogens is 2. The number of fused-ring (bicyclic) bond motifs is 1. The number of carbonyl (C=O) groups excluding carboxylic acids is 1. The molecule has 134 valence electrons. The quantitative estimate of drug-likeness (QED) is 0.712. The lowest BCUT2D eigenvalue weighted by molar-refractivity contribution is -0.119. The Labute approximate surface area is 149 Å². The number of piperazine rings is 1. The van der Waals surface area contributed by atoms with Crippen molar-refractivity contribution in [2.45, 2.75) is 4.90 Å². The molecule has 0 saturated carbocycles. The van der Waals surface area contributed by atoms with E-state index in [9.17, 15) is 18.0 Å². The van der Waals surface area contributed by atoms with Gasteiger partial charge in [-0.3, -0.25) is 4.79 Å². The van der Waals surface area contributed by atoms with Crippen LogP contribution in [0.2, 0.25) is 0 Å². The lowest BCUT2D eigenvalue weighted by atomic mass is 10.2. The molecule has 0 unspecified atom stereocenters. The Morgan fingerprint density at radius 1 is 0.885 bits per heavy atom. The molecule has 3 aromatic rings. The lowest BCUT2D eigenvalue weighted by Gasteiger charge is -2.33. The van der Waals surface area contributed by atoms with Crippen LogP contribution in [0.5, 0.6) is 0 Å². The summed E-state index contributed by atoms with van der Waals surface area (Å²) in [6, 6.07) is 13.5. The molecular formula is C17H16N4O4S. The Morgan fingerprint density at radius 2 is 1.62 bits per heavy atom. The van der Waals surface area contributed by atoms with Gasteiger partial charge in [0.05, 0.1) is 22.5 Å². The van der Waals surface area contributed by atoms with Gasteiger partial charge in [-0.15, -0.1) is 0 Å². The van der Waals surface area contributed by atoms with Crippen LogP contribution in [-0.2, 0) is 14.8 Å². The number of nitrogens with zero attached hydrogens (tertiary/aromatic N) is 2. The number of imidazole rings is 1. The summed E-state index contributed by atoms with van der Waals surface area (Å²) in [5.74, 6) is -0.276. The van der Waals surface area contributed by atoms with Crippen LogP contribution in [0.15, 0.2) is 58.2 Å². The first-order valence-electron chi connectivity index (χ1n) is 8.03. The highest BCUT2D eigenvalue weighted by atomic mass is 32.2. The van der Waals surface area contributed by atoms with Crippen molar-refractivity contribution in [1.82, 2.24) is 14.3 Å². The molecule has 1 aliphatic heterocycles. The summed E-state index contributed by atoms with van der Waals surface area (Å²) >= 11 is 0. The van der Waals surface area contributed by atoms with Crippen molar-refractivity contribution in [1.29, 1.82) is 0 Å². The van der Waals surface area contributed by atoms with E-state index in [2.05, 4.69) is 9.97 Å². The highest BCUT2D eigenvalue weighted by Gasteiger charge is 2.33. The Bertz CT molecular complexity index is 1130. The second-order valence-electron chi connectivity index (χ2n) is 6.01. The van der Waals surface area contributed by atoms with Gasteiger partial charge in [0.25, 0.3) is 0 Å². The van der Waals surface area contributed by atoms with Crippen molar-refractivity contribution in [3.8, 4) is 0 Å². The molecule has 1 aromatic heterocycles. The van der Waals surface area contributed by atoms with E-state index >= 15 is 0 Å². The fraction of sp³-hybridized carbons (Fsp3) is 0.176. The summed E-state index contributed by atoms with van der Waals surface area (Å²) < 4.78 is 26.9. The number of aromatic nitrogens is 2. The third kappa shape index (κ3) is 2.80. The molecule has 1 fully saturated rings. The summed E-state index contributed by atoms with van der Waals surface area (Å²) in [6.45, 7) is 0.259. The van der Waals surface area contributed by atoms with E-state index in [1.54, 1.807) is 4.90 Å². The lowest BCUT2D eigenvalue weighted by Crippen LogP contribution is -2.52. The molecule has 0 aliphatic carbocycles. The first-order chi connectivity index (χ1) is 12.4. The average Bonchev–Trinajstić information content (AvgIpc) is 3.01. The van der Waals surface area contributed by atoms with Gasteiger partial charge in [-0.05, 0) is 30.3 Å². The summed E-state index contributed by atoms with van der Waals surface area (Å²) in [6.07, 6.45) is 0. The number of benzene rings is 2. The highest BCUT2D eigenvalue weighted by molar-refractivity contribution is 7.89. The molecule has 2 heterocycles. The van der Waals surface area contributed by atoms with Crippen LogP contribution in [0.4, 0.5) is 5.69 Å². The van der Waals surface area contributed by atoms with E-state index in [4.69, 9.17) is 0 Å². The molecule has 0 bridgehead atoms. The van der Waals surface area contributed by atoms with Crippen molar-refractivity contribution in [2.24, 2.45) is 0 Å². The van der Waals surface area contributed by atoms with Crippen LogP contribution in [-0.4, -0.2) is 48.2 Å². The van der Waals surface area contributed by atoms with Gasteiger partial charge < -0.3 is 14.9 Å². The molecular weight excluding hydrogens is 356 g/mol. The normalized spacial score (nSPS) is 16.3. The Morgan fingerprint density at radius 3 is 2.35 bits per heavy atom. The van der Waals surface area contributed by atoms with Crippen molar-refractivity contribution in [3.63, 3.8) is 0 Å². The molecule has 2 aromatic carbocycles. The zero-order valence-corrected chi connectivity index (χ0v) is 14.5. The molecule has 0 radical (unpaired) electrons. The summed E-state index contributed by atoms with van der Waals surface area (Å²) in [5.41, 5.74) is 1.28. The van der Waals surface area contributed by atoms with Gasteiger partial charge in [0.15, 0.2) is 0 Å². The number of carbonyl (C=O) groups is 1. The van der Waals surface area contributed by atoms with Gasteiger partial charge in [-0.1, -0.05) is 18.2 Å². The second-order valence-corrected chi connectivity index (χ2v) is 7.94. The van der Waals surface area contributed by atoms with Crippen molar-refractivity contribution in [2.75, 3.05) is 24.5 Å². The van der Waals surface area contributed by atoms with E-state index in [0.29, 0.717) is 11.0 Å². The van der Waals surface area contributed by atoms with Crippen LogP contribution in [0.25, 0.3) is 11.0 Å². The van der Waals surface area contributed by atoms with Crippen molar-refractivity contribution in [3.05, 3.63) is 59.0 Å². The fourth-order valence-electron chi connectivity index (χ4n) is 3.06. The molecule has 26 heavy (non-hydrogen) atoms. The summed E-state index contributed by atoms with van der Waals surface area (Å²) in [7, 11) is -3.83. The fourth-order valence-corrected chi connectivity index (χ4v) is 4.47. The molecule has 0 atom stereocenters. The van der Waals surface area contributed by atoms with Crippen LogP contribution in [0, 0.1) is 0 Å². The SMILES string of the molecule is O=C1CN(S(=O)(=O)c2ccc3[nH]c(=O)[nH]c3c2)CCN1c1ccccc1. The first-order valence-corrected chi connectivity index (χ1v) is 9.47. The number of amides is 1. The van der Waals surface area contributed by atoms with Crippen LogP contribution < -0.4 is 10.6 Å². The molecule has 2 N–H and O–H groups in total.